The van der Waals surface area contributed by atoms with Gasteiger partial charge in [-0.25, -0.2) is 0 Å². The smallest absolute Gasteiger partial charge is 0.118 e. The van der Waals surface area contributed by atoms with Gasteiger partial charge in [-0.05, 0) is 34.7 Å². The molecule has 0 heterocycles. The highest BCUT2D eigenvalue weighted by Crippen LogP contribution is 2.43. The van der Waals surface area contributed by atoms with Crippen molar-refractivity contribution in [3.63, 3.8) is 0 Å². The van der Waals surface area contributed by atoms with Crippen molar-refractivity contribution in [1.29, 1.82) is 0 Å². The Morgan fingerprint density at radius 3 is 1.26 bits per heavy atom. The van der Waals surface area contributed by atoms with Crippen molar-refractivity contribution < 1.29 is 5.11 Å². The average molecular weight is 350 g/mol. The Hall–Kier alpha value is -3.32. The van der Waals surface area contributed by atoms with E-state index >= 15 is 0 Å². The SMILES string of the molecule is Oc1ccccc1CC(c1ccccc1)(c1ccccc1)c1ccccc1. The van der Waals surface area contributed by atoms with Crippen LogP contribution in [0.4, 0.5) is 0 Å². The van der Waals surface area contributed by atoms with E-state index in [1.807, 2.05) is 36.4 Å². The van der Waals surface area contributed by atoms with Crippen LogP contribution in [-0.4, -0.2) is 5.11 Å². The van der Waals surface area contributed by atoms with E-state index in [9.17, 15) is 5.11 Å². The largest absolute Gasteiger partial charge is 0.508 e. The quantitative estimate of drug-likeness (QED) is 0.440. The molecular formula is C26H22O. The van der Waals surface area contributed by atoms with Crippen molar-refractivity contribution >= 4 is 0 Å². The van der Waals surface area contributed by atoms with E-state index in [1.54, 1.807) is 6.07 Å². The third-order valence-corrected chi connectivity index (χ3v) is 5.25. The van der Waals surface area contributed by atoms with Crippen LogP contribution in [0.2, 0.25) is 0 Å². The molecule has 0 aliphatic rings. The monoisotopic (exact) mass is 350 g/mol. The van der Waals surface area contributed by atoms with Gasteiger partial charge in [-0.15, -0.1) is 0 Å². The van der Waals surface area contributed by atoms with Gasteiger partial charge >= 0.3 is 0 Å². The molecule has 27 heavy (non-hydrogen) atoms. The predicted molar refractivity (Wildman–Crippen MR) is 111 cm³/mol. The van der Waals surface area contributed by atoms with E-state index in [0.29, 0.717) is 12.2 Å². The van der Waals surface area contributed by atoms with Crippen molar-refractivity contribution in [2.24, 2.45) is 0 Å². The number of aromatic hydroxyl groups is 1. The van der Waals surface area contributed by atoms with Crippen LogP contribution in [0.25, 0.3) is 0 Å². The van der Waals surface area contributed by atoms with E-state index in [4.69, 9.17) is 0 Å². The Morgan fingerprint density at radius 1 is 0.481 bits per heavy atom. The third-order valence-electron chi connectivity index (χ3n) is 5.25. The van der Waals surface area contributed by atoms with E-state index in [1.165, 1.54) is 16.7 Å². The molecule has 0 aromatic heterocycles. The molecule has 0 aliphatic heterocycles. The minimum atomic E-state index is -0.386. The van der Waals surface area contributed by atoms with Crippen molar-refractivity contribution in [2.75, 3.05) is 0 Å². The lowest BCUT2D eigenvalue weighted by Gasteiger charge is -2.36. The van der Waals surface area contributed by atoms with Gasteiger partial charge in [0.1, 0.15) is 5.75 Å². The topological polar surface area (TPSA) is 20.2 Å². The summed E-state index contributed by atoms with van der Waals surface area (Å²) in [5.74, 6) is 0.338. The summed E-state index contributed by atoms with van der Waals surface area (Å²) < 4.78 is 0. The average Bonchev–Trinajstić information content (AvgIpc) is 2.75. The summed E-state index contributed by atoms with van der Waals surface area (Å²) in [6.45, 7) is 0. The first kappa shape index (κ1) is 17.1. The van der Waals surface area contributed by atoms with E-state index in [2.05, 4.69) is 72.8 Å². The second kappa shape index (κ2) is 7.51. The molecule has 0 fully saturated rings. The molecule has 0 unspecified atom stereocenters. The Kier molecular flexibility index (Phi) is 4.76. The van der Waals surface area contributed by atoms with Crippen LogP contribution in [0.5, 0.6) is 5.75 Å². The lowest BCUT2D eigenvalue weighted by Crippen LogP contribution is -2.32. The highest BCUT2D eigenvalue weighted by atomic mass is 16.3. The maximum atomic E-state index is 10.5. The first-order valence-electron chi connectivity index (χ1n) is 9.24. The second-order valence-corrected chi connectivity index (χ2v) is 6.81. The first-order chi connectivity index (χ1) is 13.3. The van der Waals surface area contributed by atoms with Crippen LogP contribution in [0.3, 0.4) is 0 Å². The van der Waals surface area contributed by atoms with Crippen molar-refractivity contribution in [3.05, 3.63) is 138 Å². The molecule has 132 valence electrons. The van der Waals surface area contributed by atoms with Crippen LogP contribution in [0.15, 0.2) is 115 Å². The fraction of sp³-hybridized carbons (Fsp3) is 0.0769. The molecular weight excluding hydrogens is 328 g/mol. The second-order valence-electron chi connectivity index (χ2n) is 6.81. The van der Waals surface area contributed by atoms with Gasteiger partial charge in [0.05, 0.1) is 0 Å². The summed E-state index contributed by atoms with van der Waals surface area (Å²) in [5.41, 5.74) is 4.19. The fourth-order valence-electron chi connectivity index (χ4n) is 3.92. The fourth-order valence-corrected chi connectivity index (χ4v) is 3.92. The van der Waals surface area contributed by atoms with Gasteiger partial charge in [0.2, 0.25) is 0 Å². The van der Waals surface area contributed by atoms with Gasteiger partial charge in [-0.1, -0.05) is 109 Å². The number of rotatable bonds is 5. The molecule has 0 saturated carbocycles. The standard InChI is InChI=1S/C26H22O/c27-25-19-11-10-12-21(25)20-26(22-13-4-1-5-14-22,23-15-6-2-7-16-23)24-17-8-3-9-18-24/h1-19,27H,20H2. The summed E-state index contributed by atoms with van der Waals surface area (Å²) in [6.07, 6.45) is 0.678. The molecule has 0 amide bonds. The van der Waals surface area contributed by atoms with Crippen LogP contribution in [-0.2, 0) is 11.8 Å². The Bertz CT molecular complexity index is 895. The molecule has 0 bridgehead atoms. The molecule has 0 radical (unpaired) electrons. The summed E-state index contributed by atoms with van der Waals surface area (Å²) in [7, 11) is 0. The zero-order valence-corrected chi connectivity index (χ0v) is 15.1. The lowest BCUT2D eigenvalue weighted by molar-refractivity contribution is 0.461. The molecule has 4 aromatic rings. The van der Waals surface area contributed by atoms with Crippen LogP contribution < -0.4 is 0 Å². The summed E-state index contributed by atoms with van der Waals surface area (Å²) in [5, 5.41) is 10.5. The number of hydrogen-bond acceptors (Lipinski definition) is 1. The normalized spacial score (nSPS) is 11.3. The highest BCUT2D eigenvalue weighted by molar-refractivity contribution is 5.53. The zero-order chi connectivity index (χ0) is 18.5. The van der Waals surface area contributed by atoms with Crippen molar-refractivity contribution in [3.8, 4) is 5.75 Å². The molecule has 4 aromatic carbocycles. The number of benzene rings is 4. The van der Waals surface area contributed by atoms with Gasteiger partial charge in [0.25, 0.3) is 0 Å². The molecule has 1 nitrogen and oxygen atoms in total. The molecule has 0 saturated heterocycles. The Labute approximate surface area is 160 Å². The third kappa shape index (κ3) is 3.24. The Balaban J connectivity index is 2.02. The van der Waals surface area contributed by atoms with Crippen LogP contribution >= 0.6 is 0 Å². The van der Waals surface area contributed by atoms with E-state index in [-0.39, 0.29) is 5.41 Å². The minimum absolute atomic E-state index is 0.338. The van der Waals surface area contributed by atoms with Gasteiger partial charge in [0, 0.05) is 5.41 Å². The van der Waals surface area contributed by atoms with Crippen LogP contribution in [0, 0.1) is 0 Å². The summed E-state index contributed by atoms with van der Waals surface area (Å²) in [4.78, 5) is 0. The number of hydrogen-bond donors (Lipinski definition) is 1. The lowest BCUT2D eigenvalue weighted by atomic mass is 9.66. The molecule has 4 rings (SSSR count). The van der Waals surface area contributed by atoms with Gasteiger partial charge in [-0.3, -0.25) is 0 Å². The van der Waals surface area contributed by atoms with Crippen LogP contribution in [0.1, 0.15) is 22.3 Å². The van der Waals surface area contributed by atoms with Crippen molar-refractivity contribution in [1.82, 2.24) is 0 Å². The van der Waals surface area contributed by atoms with E-state index in [0.717, 1.165) is 5.56 Å². The number of para-hydroxylation sites is 1. The van der Waals surface area contributed by atoms with Gasteiger partial charge in [0.15, 0.2) is 0 Å². The number of phenols is 1. The minimum Gasteiger partial charge on any atom is -0.508 e. The van der Waals surface area contributed by atoms with Gasteiger partial charge in [-0.2, -0.15) is 0 Å². The molecule has 0 aliphatic carbocycles. The maximum absolute atomic E-state index is 10.5. The maximum Gasteiger partial charge on any atom is 0.118 e. The highest BCUT2D eigenvalue weighted by Gasteiger charge is 2.36. The van der Waals surface area contributed by atoms with Gasteiger partial charge < -0.3 is 5.11 Å². The zero-order valence-electron chi connectivity index (χ0n) is 15.1. The molecule has 0 atom stereocenters. The molecule has 0 spiro atoms. The summed E-state index contributed by atoms with van der Waals surface area (Å²) >= 11 is 0. The predicted octanol–water partition coefficient (Wildman–Crippen LogP) is 5.97. The Morgan fingerprint density at radius 2 is 0.852 bits per heavy atom. The first-order valence-corrected chi connectivity index (χ1v) is 9.24. The number of phenolic OH excluding ortho intramolecular Hbond substituents is 1. The van der Waals surface area contributed by atoms with Crippen molar-refractivity contribution in [2.45, 2.75) is 11.8 Å². The van der Waals surface area contributed by atoms with E-state index < -0.39 is 0 Å². The molecule has 1 heteroatoms. The summed E-state index contributed by atoms with van der Waals surface area (Å²) in [6, 6.07) is 39.4. The molecule has 1 N–H and O–H groups in total.